The van der Waals surface area contributed by atoms with E-state index < -0.39 is 17.6 Å². The maximum absolute atomic E-state index is 13.4. The van der Waals surface area contributed by atoms with E-state index in [4.69, 9.17) is 21.1 Å². The number of benzene rings is 1. The van der Waals surface area contributed by atoms with E-state index in [1.54, 1.807) is 0 Å². The van der Waals surface area contributed by atoms with Crippen LogP contribution in [0.4, 0.5) is 14.5 Å². The third-order valence-corrected chi connectivity index (χ3v) is 2.65. The van der Waals surface area contributed by atoms with Crippen molar-refractivity contribution in [3.8, 4) is 0 Å². The summed E-state index contributed by atoms with van der Waals surface area (Å²) in [5.74, 6) is -2.45. The summed E-state index contributed by atoms with van der Waals surface area (Å²) in [7, 11) is 0. The molecule has 7 heteroatoms. The molecule has 0 aliphatic heterocycles. The number of halogens is 3. The van der Waals surface area contributed by atoms with Crippen LogP contribution in [0.1, 0.15) is 16.1 Å². The van der Waals surface area contributed by atoms with Gasteiger partial charge in [0.1, 0.15) is 17.8 Å². The van der Waals surface area contributed by atoms with Crippen LogP contribution >= 0.6 is 11.6 Å². The Morgan fingerprint density at radius 3 is 2.68 bits per heavy atom. The summed E-state index contributed by atoms with van der Waals surface area (Å²) in [6, 6.07) is 2.96. The molecule has 1 aromatic heterocycles. The summed E-state index contributed by atoms with van der Waals surface area (Å²) in [6.45, 7) is 0.0234. The first kappa shape index (κ1) is 13.4. The number of carboxylic acid groups (broad SMARTS) is 1. The summed E-state index contributed by atoms with van der Waals surface area (Å²) < 4.78 is 31.2. The van der Waals surface area contributed by atoms with Crippen molar-refractivity contribution in [2.45, 2.75) is 6.54 Å². The van der Waals surface area contributed by atoms with E-state index in [1.165, 1.54) is 6.07 Å². The van der Waals surface area contributed by atoms with Crippen LogP contribution in [0.2, 0.25) is 5.02 Å². The predicted octanol–water partition coefficient (Wildman–Crippen LogP) is 3.52. The van der Waals surface area contributed by atoms with Crippen molar-refractivity contribution in [2.24, 2.45) is 0 Å². The first-order chi connectivity index (χ1) is 8.97. The molecule has 2 N–H and O–H groups in total. The molecule has 0 bridgehead atoms. The molecule has 0 saturated heterocycles. The van der Waals surface area contributed by atoms with Gasteiger partial charge in [0.05, 0.1) is 22.8 Å². The molecule has 4 nitrogen and oxygen atoms in total. The third-order valence-electron chi connectivity index (χ3n) is 2.35. The smallest absolute Gasteiger partial charge is 0.338 e. The Morgan fingerprint density at radius 1 is 1.37 bits per heavy atom. The number of hydrogen-bond donors (Lipinski definition) is 2. The lowest BCUT2D eigenvalue weighted by atomic mass is 10.2. The van der Waals surface area contributed by atoms with Crippen LogP contribution in [-0.4, -0.2) is 11.1 Å². The van der Waals surface area contributed by atoms with Gasteiger partial charge in [-0.15, -0.1) is 0 Å². The van der Waals surface area contributed by atoms with Gasteiger partial charge in [-0.1, -0.05) is 11.6 Å². The highest BCUT2D eigenvalue weighted by atomic mass is 35.5. The molecular weight excluding hydrogens is 280 g/mol. The molecule has 1 aromatic carbocycles. The van der Waals surface area contributed by atoms with Crippen LogP contribution in [0, 0.1) is 11.6 Å². The van der Waals surface area contributed by atoms with Gasteiger partial charge in [0, 0.05) is 6.07 Å². The normalized spacial score (nSPS) is 10.5. The molecule has 0 aliphatic rings. The van der Waals surface area contributed by atoms with E-state index in [2.05, 4.69) is 5.32 Å². The summed E-state index contributed by atoms with van der Waals surface area (Å²) in [6.07, 6.45) is 1.07. The third kappa shape index (κ3) is 3.03. The predicted molar refractivity (Wildman–Crippen MR) is 64.4 cm³/mol. The second-order valence-corrected chi connectivity index (χ2v) is 4.11. The van der Waals surface area contributed by atoms with Gasteiger partial charge in [0.2, 0.25) is 0 Å². The van der Waals surface area contributed by atoms with Crippen LogP contribution in [-0.2, 0) is 6.54 Å². The van der Waals surface area contributed by atoms with E-state index in [0.29, 0.717) is 6.07 Å². The lowest BCUT2D eigenvalue weighted by Crippen LogP contribution is -2.02. The van der Waals surface area contributed by atoms with Gasteiger partial charge in [0.15, 0.2) is 5.82 Å². The zero-order valence-corrected chi connectivity index (χ0v) is 10.2. The van der Waals surface area contributed by atoms with Crippen molar-refractivity contribution in [1.29, 1.82) is 0 Å². The number of rotatable bonds is 4. The fourth-order valence-corrected chi connectivity index (χ4v) is 1.73. The Morgan fingerprint density at radius 2 is 2.11 bits per heavy atom. The Balaban J connectivity index is 2.12. The van der Waals surface area contributed by atoms with Crippen molar-refractivity contribution in [3.05, 3.63) is 52.4 Å². The lowest BCUT2D eigenvalue weighted by Gasteiger charge is -2.08. The Kier molecular flexibility index (Phi) is 3.71. The minimum Gasteiger partial charge on any atom is -0.478 e. The second kappa shape index (κ2) is 5.27. The van der Waals surface area contributed by atoms with Gasteiger partial charge in [-0.05, 0) is 12.1 Å². The van der Waals surface area contributed by atoms with Crippen molar-refractivity contribution in [2.75, 3.05) is 5.32 Å². The highest BCUT2D eigenvalue weighted by Crippen LogP contribution is 2.27. The van der Waals surface area contributed by atoms with Gasteiger partial charge in [-0.3, -0.25) is 0 Å². The van der Waals surface area contributed by atoms with Gasteiger partial charge in [0.25, 0.3) is 0 Å². The quantitative estimate of drug-likeness (QED) is 0.903. The zero-order valence-electron chi connectivity index (χ0n) is 9.41. The topological polar surface area (TPSA) is 62.5 Å². The van der Waals surface area contributed by atoms with Crippen LogP contribution < -0.4 is 5.32 Å². The zero-order chi connectivity index (χ0) is 14.0. The molecule has 0 saturated carbocycles. The van der Waals surface area contributed by atoms with Gasteiger partial charge in [-0.2, -0.15) is 0 Å². The van der Waals surface area contributed by atoms with Crippen LogP contribution in [0.15, 0.2) is 28.9 Å². The molecule has 0 radical (unpaired) electrons. The molecule has 0 unspecified atom stereocenters. The molecule has 0 amide bonds. The van der Waals surface area contributed by atoms with Crippen molar-refractivity contribution in [3.63, 3.8) is 0 Å². The first-order valence-corrected chi connectivity index (χ1v) is 5.54. The first-order valence-electron chi connectivity index (χ1n) is 5.16. The summed E-state index contributed by atoms with van der Waals surface area (Å²) in [5.41, 5.74) is -0.0844. The highest BCUT2D eigenvalue weighted by molar-refractivity contribution is 6.33. The largest absolute Gasteiger partial charge is 0.478 e. The summed E-state index contributed by atoms with van der Waals surface area (Å²) in [5, 5.41) is 11.2. The molecule has 0 aliphatic carbocycles. The molecule has 0 atom stereocenters. The summed E-state index contributed by atoms with van der Waals surface area (Å²) in [4.78, 5) is 10.6. The lowest BCUT2D eigenvalue weighted by molar-refractivity contribution is 0.0696. The minimum absolute atomic E-state index is 0.0116. The standard InChI is InChI=1S/C12H8ClF2NO3/c13-9-2-7(14)3-10(15)11(9)16-4-8-1-6(5-19-8)12(17)18/h1-3,5,16H,4H2,(H,17,18). The van der Waals surface area contributed by atoms with Crippen LogP contribution in [0.25, 0.3) is 0 Å². The molecule has 19 heavy (non-hydrogen) atoms. The number of furan rings is 1. The molecular formula is C12H8ClF2NO3. The number of carboxylic acids is 1. The van der Waals surface area contributed by atoms with E-state index in [-0.39, 0.29) is 28.6 Å². The molecule has 0 spiro atoms. The maximum atomic E-state index is 13.4. The van der Waals surface area contributed by atoms with Crippen molar-refractivity contribution in [1.82, 2.24) is 0 Å². The SMILES string of the molecule is O=C(O)c1coc(CNc2c(F)cc(F)cc2Cl)c1. The number of aromatic carboxylic acids is 1. The van der Waals surface area contributed by atoms with Gasteiger partial charge < -0.3 is 14.8 Å². The molecule has 1 heterocycles. The Hall–Kier alpha value is -2.08. The Bertz CT molecular complexity index is 604. The monoisotopic (exact) mass is 287 g/mol. The number of hydrogen-bond acceptors (Lipinski definition) is 3. The highest BCUT2D eigenvalue weighted by Gasteiger charge is 2.12. The second-order valence-electron chi connectivity index (χ2n) is 3.70. The minimum atomic E-state index is -1.12. The Labute approximate surface area is 111 Å². The van der Waals surface area contributed by atoms with Crippen LogP contribution in [0.5, 0.6) is 0 Å². The van der Waals surface area contributed by atoms with E-state index in [1.807, 2.05) is 0 Å². The average Bonchev–Trinajstić information content (AvgIpc) is 2.76. The number of carbonyl (C=O) groups is 1. The molecule has 2 rings (SSSR count). The van der Waals surface area contributed by atoms with E-state index in [9.17, 15) is 13.6 Å². The van der Waals surface area contributed by atoms with Crippen molar-refractivity contribution >= 4 is 23.3 Å². The molecule has 100 valence electrons. The maximum Gasteiger partial charge on any atom is 0.338 e. The fraction of sp³-hybridized carbons (Fsp3) is 0.0833. The van der Waals surface area contributed by atoms with Gasteiger partial charge >= 0.3 is 5.97 Å². The number of nitrogens with one attached hydrogen (secondary N) is 1. The van der Waals surface area contributed by atoms with Gasteiger partial charge in [-0.25, -0.2) is 13.6 Å². The summed E-state index contributed by atoms with van der Waals surface area (Å²) >= 11 is 5.69. The fourth-order valence-electron chi connectivity index (χ4n) is 1.47. The van der Waals surface area contributed by atoms with E-state index >= 15 is 0 Å². The van der Waals surface area contributed by atoms with E-state index in [0.717, 1.165) is 12.3 Å². The van der Waals surface area contributed by atoms with Crippen molar-refractivity contribution < 1.29 is 23.1 Å². The number of anilines is 1. The molecule has 0 fully saturated rings. The average molecular weight is 288 g/mol. The molecule has 2 aromatic rings. The van der Waals surface area contributed by atoms with Crippen LogP contribution in [0.3, 0.4) is 0 Å².